The highest BCUT2D eigenvalue weighted by Gasteiger charge is 2.11. The zero-order valence-electron chi connectivity index (χ0n) is 11.5. The smallest absolute Gasteiger partial charge is 0.254 e. The van der Waals surface area contributed by atoms with Gasteiger partial charge in [0.05, 0.1) is 11.3 Å². The Kier molecular flexibility index (Phi) is 6.43. The van der Waals surface area contributed by atoms with E-state index in [2.05, 4.69) is 17.3 Å². The second-order valence-electron chi connectivity index (χ2n) is 4.38. The van der Waals surface area contributed by atoms with Gasteiger partial charge in [0.15, 0.2) is 0 Å². The van der Waals surface area contributed by atoms with Crippen LogP contribution in [-0.2, 0) is 11.8 Å². The maximum absolute atomic E-state index is 11.8. The number of aromatic nitrogens is 2. The van der Waals surface area contributed by atoms with Gasteiger partial charge in [0.2, 0.25) is 0 Å². The number of rotatable bonds is 8. The molecule has 1 aromatic heterocycles. The lowest BCUT2D eigenvalue weighted by molar-refractivity contribution is 0.0940. The van der Waals surface area contributed by atoms with E-state index in [4.69, 9.17) is 4.74 Å². The lowest BCUT2D eigenvalue weighted by Crippen LogP contribution is -2.25. The number of carbonyl (C=O) groups is 1. The van der Waals surface area contributed by atoms with Crippen molar-refractivity contribution >= 4 is 5.91 Å². The van der Waals surface area contributed by atoms with E-state index in [9.17, 15) is 4.79 Å². The van der Waals surface area contributed by atoms with E-state index in [0.717, 1.165) is 31.6 Å². The van der Waals surface area contributed by atoms with E-state index in [1.54, 1.807) is 10.9 Å². The molecule has 0 aliphatic carbocycles. The molecule has 0 aromatic carbocycles. The molecule has 0 spiro atoms. The summed E-state index contributed by atoms with van der Waals surface area (Å²) in [6.45, 7) is 6.13. The van der Waals surface area contributed by atoms with Crippen LogP contribution >= 0.6 is 0 Å². The van der Waals surface area contributed by atoms with Crippen molar-refractivity contribution in [2.24, 2.45) is 7.05 Å². The van der Waals surface area contributed by atoms with Crippen molar-refractivity contribution in [3.63, 3.8) is 0 Å². The lowest BCUT2D eigenvalue weighted by Gasteiger charge is -2.05. The summed E-state index contributed by atoms with van der Waals surface area (Å²) >= 11 is 0. The molecule has 0 atom stereocenters. The molecular formula is C13H23N3O2. The highest BCUT2D eigenvalue weighted by Crippen LogP contribution is 2.03. The summed E-state index contributed by atoms with van der Waals surface area (Å²) < 4.78 is 7.07. The number of amides is 1. The fourth-order valence-corrected chi connectivity index (χ4v) is 1.64. The first-order valence-electron chi connectivity index (χ1n) is 6.51. The Labute approximate surface area is 109 Å². The Morgan fingerprint density at radius 2 is 2.17 bits per heavy atom. The molecule has 1 rings (SSSR count). The molecule has 0 aliphatic rings. The van der Waals surface area contributed by atoms with Crippen LogP contribution in [0.5, 0.6) is 0 Å². The van der Waals surface area contributed by atoms with Crippen molar-refractivity contribution in [3.8, 4) is 0 Å². The van der Waals surface area contributed by atoms with Crippen LogP contribution < -0.4 is 5.32 Å². The fraction of sp³-hybridized carbons (Fsp3) is 0.692. The molecule has 0 aliphatic heterocycles. The molecule has 1 heterocycles. The number of hydrogen-bond acceptors (Lipinski definition) is 3. The number of carbonyl (C=O) groups excluding carboxylic acids is 1. The number of hydrogen-bond donors (Lipinski definition) is 1. The van der Waals surface area contributed by atoms with Crippen LogP contribution in [0.1, 0.15) is 42.2 Å². The molecule has 5 heteroatoms. The predicted octanol–water partition coefficient (Wildman–Crippen LogP) is 1.67. The van der Waals surface area contributed by atoms with Crippen molar-refractivity contribution < 1.29 is 9.53 Å². The summed E-state index contributed by atoms with van der Waals surface area (Å²) in [4.78, 5) is 11.8. The van der Waals surface area contributed by atoms with E-state index in [1.807, 2.05) is 14.0 Å². The molecule has 5 nitrogen and oxygen atoms in total. The molecule has 0 unspecified atom stereocenters. The third-order valence-electron chi connectivity index (χ3n) is 2.65. The molecule has 1 aromatic rings. The number of ether oxygens (including phenoxy) is 1. The molecule has 0 saturated carbocycles. The first-order chi connectivity index (χ1) is 8.65. The summed E-state index contributed by atoms with van der Waals surface area (Å²) in [6, 6.07) is 0. The van der Waals surface area contributed by atoms with Crippen molar-refractivity contribution in [3.05, 3.63) is 17.5 Å². The van der Waals surface area contributed by atoms with Gasteiger partial charge in [-0.3, -0.25) is 9.48 Å². The Balaban J connectivity index is 2.16. The van der Waals surface area contributed by atoms with Gasteiger partial charge in [-0.1, -0.05) is 13.3 Å². The van der Waals surface area contributed by atoms with Crippen molar-refractivity contribution in [1.29, 1.82) is 0 Å². The zero-order valence-corrected chi connectivity index (χ0v) is 11.5. The predicted molar refractivity (Wildman–Crippen MR) is 70.6 cm³/mol. The molecule has 18 heavy (non-hydrogen) atoms. The van der Waals surface area contributed by atoms with Gasteiger partial charge in [-0.2, -0.15) is 5.10 Å². The van der Waals surface area contributed by atoms with Crippen LogP contribution in [-0.4, -0.2) is 35.4 Å². The summed E-state index contributed by atoms with van der Waals surface area (Å²) in [5.41, 5.74) is 1.40. The van der Waals surface area contributed by atoms with E-state index < -0.39 is 0 Å². The normalized spacial score (nSPS) is 10.6. The maximum atomic E-state index is 11.8. The molecule has 0 saturated heterocycles. The van der Waals surface area contributed by atoms with Crippen molar-refractivity contribution in [1.82, 2.24) is 15.1 Å². The van der Waals surface area contributed by atoms with Gasteiger partial charge in [0, 0.05) is 33.0 Å². The topological polar surface area (TPSA) is 56.1 Å². The van der Waals surface area contributed by atoms with Gasteiger partial charge in [0.25, 0.3) is 5.91 Å². The first-order valence-corrected chi connectivity index (χ1v) is 6.51. The molecule has 0 bridgehead atoms. The molecule has 102 valence electrons. The molecule has 0 radical (unpaired) electrons. The van der Waals surface area contributed by atoms with Crippen LogP contribution in [0.25, 0.3) is 0 Å². The monoisotopic (exact) mass is 253 g/mol. The number of unbranched alkanes of at least 4 members (excludes halogenated alkanes) is 1. The third kappa shape index (κ3) is 4.87. The van der Waals surface area contributed by atoms with Crippen LogP contribution in [0.2, 0.25) is 0 Å². The highest BCUT2D eigenvalue weighted by atomic mass is 16.5. The molecule has 1 N–H and O–H groups in total. The van der Waals surface area contributed by atoms with E-state index in [1.165, 1.54) is 0 Å². The molecule has 1 amide bonds. The Bertz CT molecular complexity index is 374. The average molecular weight is 253 g/mol. The van der Waals surface area contributed by atoms with Gasteiger partial charge in [-0.25, -0.2) is 0 Å². The SMILES string of the molecule is CCCCOCCCNC(=O)c1cn(C)nc1C. The van der Waals surface area contributed by atoms with E-state index in [0.29, 0.717) is 18.7 Å². The minimum Gasteiger partial charge on any atom is -0.381 e. The quantitative estimate of drug-likeness (QED) is 0.717. The second-order valence-corrected chi connectivity index (χ2v) is 4.38. The van der Waals surface area contributed by atoms with Crippen LogP contribution in [0.15, 0.2) is 6.20 Å². The molecule has 0 fully saturated rings. The van der Waals surface area contributed by atoms with Gasteiger partial charge in [-0.05, 0) is 19.8 Å². The van der Waals surface area contributed by atoms with Crippen molar-refractivity contribution in [2.45, 2.75) is 33.1 Å². The number of nitrogens with one attached hydrogen (secondary N) is 1. The van der Waals surface area contributed by atoms with Crippen LogP contribution in [0.3, 0.4) is 0 Å². The van der Waals surface area contributed by atoms with E-state index >= 15 is 0 Å². The van der Waals surface area contributed by atoms with Crippen LogP contribution in [0, 0.1) is 6.92 Å². The second kappa shape index (κ2) is 7.87. The Hall–Kier alpha value is -1.36. The first kappa shape index (κ1) is 14.7. The minimum absolute atomic E-state index is 0.0610. The minimum atomic E-state index is -0.0610. The van der Waals surface area contributed by atoms with Crippen LogP contribution in [0.4, 0.5) is 0 Å². The van der Waals surface area contributed by atoms with Crippen molar-refractivity contribution in [2.75, 3.05) is 19.8 Å². The summed E-state index contributed by atoms with van der Waals surface area (Å²) in [6.07, 6.45) is 4.83. The summed E-state index contributed by atoms with van der Waals surface area (Å²) in [5, 5.41) is 7.01. The maximum Gasteiger partial charge on any atom is 0.254 e. The van der Waals surface area contributed by atoms with Gasteiger partial charge in [0.1, 0.15) is 0 Å². The van der Waals surface area contributed by atoms with E-state index in [-0.39, 0.29) is 5.91 Å². The Morgan fingerprint density at radius 1 is 1.44 bits per heavy atom. The summed E-state index contributed by atoms with van der Waals surface area (Å²) in [7, 11) is 1.81. The standard InChI is InChI=1S/C13H23N3O2/c1-4-5-8-18-9-6-7-14-13(17)12-10-16(3)15-11(12)2/h10H,4-9H2,1-3H3,(H,14,17). The highest BCUT2D eigenvalue weighted by molar-refractivity contribution is 5.94. The zero-order chi connectivity index (χ0) is 13.4. The third-order valence-corrected chi connectivity index (χ3v) is 2.65. The Morgan fingerprint density at radius 3 is 2.78 bits per heavy atom. The largest absolute Gasteiger partial charge is 0.381 e. The van der Waals surface area contributed by atoms with Gasteiger partial charge >= 0.3 is 0 Å². The lowest BCUT2D eigenvalue weighted by atomic mass is 10.2. The average Bonchev–Trinajstić information content (AvgIpc) is 2.67. The number of aryl methyl sites for hydroxylation is 2. The number of nitrogens with zero attached hydrogens (tertiary/aromatic N) is 2. The van der Waals surface area contributed by atoms with Gasteiger partial charge < -0.3 is 10.1 Å². The van der Waals surface area contributed by atoms with Gasteiger partial charge in [-0.15, -0.1) is 0 Å². The molecular weight excluding hydrogens is 230 g/mol. The fourth-order valence-electron chi connectivity index (χ4n) is 1.64. The summed E-state index contributed by atoms with van der Waals surface area (Å²) in [5.74, 6) is -0.0610.